The second-order valence-corrected chi connectivity index (χ2v) is 9.30. The molecule has 3 amide bonds. The molecule has 0 atom stereocenters. The molecule has 1 aliphatic heterocycles. The quantitative estimate of drug-likeness (QED) is 0.436. The molecule has 3 aromatic rings. The van der Waals surface area contributed by atoms with Crippen LogP contribution in [0.4, 0.5) is 25.8 Å². The molecule has 11 nitrogen and oxygen atoms in total. The van der Waals surface area contributed by atoms with Crippen LogP contribution < -0.4 is 30.3 Å². The van der Waals surface area contributed by atoms with E-state index in [2.05, 4.69) is 30.9 Å². The zero-order valence-corrected chi connectivity index (χ0v) is 21.0. The van der Waals surface area contributed by atoms with Gasteiger partial charge in [-0.25, -0.2) is 14.2 Å². The predicted molar refractivity (Wildman–Crippen MR) is 134 cm³/mol. The molecule has 0 saturated carbocycles. The number of amides is 3. The van der Waals surface area contributed by atoms with E-state index in [-0.39, 0.29) is 23.3 Å². The normalized spacial score (nSPS) is 12.7. The average molecular weight is 516 g/mol. The van der Waals surface area contributed by atoms with Gasteiger partial charge in [0.25, 0.3) is 5.91 Å². The summed E-state index contributed by atoms with van der Waals surface area (Å²) in [5.41, 5.74) is 1.09. The van der Waals surface area contributed by atoms with Crippen molar-refractivity contribution in [3.8, 4) is 11.9 Å². The predicted octanol–water partition coefficient (Wildman–Crippen LogP) is 3.43. The molecule has 0 fully saturated rings. The van der Waals surface area contributed by atoms with E-state index in [1.54, 1.807) is 6.07 Å². The zero-order valence-electron chi connectivity index (χ0n) is 20.2. The first-order chi connectivity index (χ1) is 17.2. The lowest BCUT2D eigenvalue weighted by molar-refractivity contribution is 0.0944. The second kappa shape index (κ2) is 10.7. The highest BCUT2D eigenvalue weighted by atomic mass is 32.1. The lowest BCUT2D eigenvalue weighted by atomic mass is 10.1. The van der Waals surface area contributed by atoms with E-state index in [1.807, 2.05) is 18.7 Å². The molecule has 0 spiro atoms. The number of thiazole rings is 1. The Hall–Kier alpha value is -4.00. The molecule has 0 unspecified atom stereocenters. The molecule has 0 aliphatic carbocycles. The molecule has 3 heterocycles. The van der Waals surface area contributed by atoms with Crippen LogP contribution in [0.5, 0.6) is 11.9 Å². The van der Waals surface area contributed by atoms with Crippen molar-refractivity contribution in [1.82, 2.24) is 20.3 Å². The Balaban J connectivity index is 1.46. The van der Waals surface area contributed by atoms with Gasteiger partial charge in [-0.3, -0.25) is 10.1 Å². The van der Waals surface area contributed by atoms with Crippen LogP contribution in [0, 0.1) is 5.82 Å². The molecule has 0 bridgehead atoms. The summed E-state index contributed by atoms with van der Waals surface area (Å²) in [4.78, 5) is 41.2. The Bertz CT molecular complexity index is 1260. The van der Waals surface area contributed by atoms with Crippen LogP contribution in [-0.2, 0) is 13.0 Å². The SMILES string of the molecule is COc1cc(N2CCc3nc(NC(=O)Nc4cc(F)ccc4C(=O)NC(C)C)sc3C2)nc(OC)n1. The largest absolute Gasteiger partial charge is 0.481 e. The van der Waals surface area contributed by atoms with Gasteiger partial charge in [0.15, 0.2) is 5.13 Å². The van der Waals surface area contributed by atoms with Crippen LogP contribution in [0.25, 0.3) is 0 Å². The highest BCUT2D eigenvalue weighted by Gasteiger charge is 2.24. The first kappa shape index (κ1) is 25.1. The number of nitrogens with one attached hydrogen (secondary N) is 3. The number of aromatic nitrogens is 3. The second-order valence-electron chi connectivity index (χ2n) is 8.21. The van der Waals surface area contributed by atoms with Crippen molar-refractivity contribution in [2.24, 2.45) is 0 Å². The van der Waals surface area contributed by atoms with Crippen molar-refractivity contribution >= 4 is 39.9 Å². The molecular weight excluding hydrogens is 489 g/mol. The lowest BCUT2D eigenvalue weighted by Gasteiger charge is -2.27. The molecule has 36 heavy (non-hydrogen) atoms. The highest BCUT2D eigenvalue weighted by Crippen LogP contribution is 2.32. The molecule has 4 rings (SSSR count). The minimum atomic E-state index is -0.632. The summed E-state index contributed by atoms with van der Waals surface area (Å²) >= 11 is 1.33. The van der Waals surface area contributed by atoms with Crippen molar-refractivity contribution in [3.63, 3.8) is 0 Å². The number of fused-ring (bicyclic) bond motifs is 1. The average Bonchev–Trinajstić information content (AvgIpc) is 3.24. The van der Waals surface area contributed by atoms with E-state index < -0.39 is 17.8 Å². The first-order valence-electron chi connectivity index (χ1n) is 11.1. The number of methoxy groups -OCH3 is 2. The Morgan fingerprint density at radius 1 is 1.11 bits per heavy atom. The summed E-state index contributed by atoms with van der Waals surface area (Å²) in [6.45, 7) is 4.81. The Morgan fingerprint density at radius 3 is 2.64 bits per heavy atom. The number of carbonyl (C=O) groups is 2. The van der Waals surface area contributed by atoms with Gasteiger partial charge in [-0.2, -0.15) is 9.97 Å². The van der Waals surface area contributed by atoms with Gasteiger partial charge in [-0.1, -0.05) is 11.3 Å². The molecular formula is C23H26FN7O4S. The number of urea groups is 1. The fraction of sp³-hybridized carbons (Fsp3) is 0.348. The Kier molecular flexibility index (Phi) is 7.48. The van der Waals surface area contributed by atoms with E-state index in [0.717, 1.165) is 16.6 Å². The van der Waals surface area contributed by atoms with Crippen LogP contribution >= 0.6 is 11.3 Å². The van der Waals surface area contributed by atoms with Gasteiger partial charge >= 0.3 is 12.0 Å². The summed E-state index contributed by atoms with van der Waals surface area (Å²) in [6.07, 6.45) is 0.646. The van der Waals surface area contributed by atoms with Gasteiger partial charge in [-0.05, 0) is 32.0 Å². The van der Waals surface area contributed by atoms with Crippen LogP contribution in [0.1, 0.15) is 34.8 Å². The maximum Gasteiger partial charge on any atom is 0.325 e. The topological polar surface area (TPSA) is 131 Å². The van der Waals surface area contributed by atoms with E-state index >= 15 is 0 Å². The Labute approximate surface area is 211 Å². The van der Waals surface area contributed by atoms with E-state index in [9.17, 15) is 14.0 Å². The third-order valence-corrected chi connectivity index (χ3v) is 6.23. The van der Waals surface area contributed by atoms with Gasteiger partial charge in [0.2, 0.25) is 5.88 Å². The zero-order chi connectivity index (χ0) is 25.8. The van der Waals surface area contributed by atoms with E-state index in [0.29, 0.717) is 36.3 Å². The summed E-state index contributed by atoms with van der Waals surface area (Å²) in [6, 6.07) is 4.79. The minimum Gasteiger partial charge on any atom is -0.481 e. The van der Waals surface area contributed by atoms with Crippen LogP contribution in [0.2, 0.25) is 0 Å². The summed E-state index contributed by atoms with van der Waals surface area (Å²) in [5, 5.41) is 8.36. The van der Waals surface area contributed by atoms with Crippen molar-refractivity contribution < 1.29 is 23.5 Å². The van der Waals surface area contributed by atoms with Crippen LogP contribution in [-0.4, -0.2) is 53.7 Å². The molecule has 1 aromatic carbocycles. The fourth-order valence-corrected chi connectivity index (χ4v) is 4.62. The van der Waals surface area contributed by atoms with Crippen molar-refractivity contribution in [2.45, 2.75) is 32.9 Å². The van der Waals surface area contributed by atoms with E-state index in [4.69, 9.17) is 9.47 Å². The highest BCUT2D eigenvalue weighted by molar-refractivity contribution is 7.15. The number of rotatable bonds is 7. The molecule has 0 saturated heterocycles. The number of hydrogen-bond acceptors (Lipinski definition) is 9. The van der Waals surface area contributed by atoms with Gasteiger partial charge in [0.05, 0.1) is 37.7 Å². The van der Waals surface area contributed by atoms with Crippen molar-refractivity contribution in [1.29, 1.82) is 0 Å². The van der Waals surface area contributed by atoms with Crippen LogP contribution in [0.3, 0.4) is 0 Å². The molecule has 13 heteroatoms. The van der Waals surface area contributed by atoms with Gasteiger partial charge in [0.1, 0.15) is 11.6 Å². The van der Waals surface area contributed by atoms with Gasteiger partial charge in [-0.15, -0.1) is 0 Å². The number of hydrogen-bond donors (Lipinski definition) is 3. The molecule has 3 N–H and O–H groups in total. The number of benzene rings is 1. The molecule has 0 radical (unpaired) electrons. The fourth-order valence-electron chi connectivity index (χ4n) is 3.60. The van der Waals surface area contributed by atoms with E-state index in [1.165, 1.54) is 37.7 Å². The number of nitrogens with zero attached hydrogens (tertiary/aromatic N) is 4. The Morgan fingerprint density at radius 2 is 1.92 bits per heavy atom. The van der Waals surface area contributed by atoms with Crippen molar-refractivity contribution in [3.05, 3.63) is 46.2 Å². The van der Waals surface area contributed by atoms with Gasteiger partial charge in [0, 0.05) is 30.0 Å². The monoisotopic (exact) mass is 515 g/mol. The van der Waals surface area contributed by atoms with Gasteiger partial charge < -0.3 is 25.0 Å². The lowest BCUT2D eigenvalue weighted by Crippen LogP contribution is -2.31. The third-order valence-electron chi connectivity index (χ3n) is 5.23. The summed E-state index contributed by atoms with van der Waals surface area (Å²) in [7, 11) is 3.01. The smallest absolute Gasteiger partial charge is 0.325 e. The maximum atomic E-state index is 13.8. The number of carbonyl (C=O) groups excluding carboxylic acids is 2. The third kappa shape index (κ3) is 5.79. The summed E-state index contributed by atoms with van der Waals surface area (Å²) < 4.78 is 24.2. The molecule has 1 aliphatic rings. The maximum absolute atomic E-state index is 13.8. The number of halogens is 1. The number of anilines is 3. The molecule has 2 aromatic heterocycles. The first-order valence-corrected chi connectivity index (χ1v) is 12.0. The van der Waals surface area contributed by atoms with Crippen LogP contribution in [0.15, 0.2) is 24.3 Å². The standard InChI is InChI=1S/C23H26FN7O4S/c1-12(2)25-20(32)14-6-5-13(24)9-16(14)26-21(33)30-23-27-15-7-8-31(11-17(15)36-23)18-10-19(34-3)29-22(28-18)35-4/h5-6,9-10,12H,7-8,11H2,1-4H3,(H,25,32)(H2,26,27,30,33). The minimum absolute atomic E-state index is 0.0600. The van der Waals surface area contributed by atoms with Crippen molar-refractivity contribution in [2.75, 3.05) is 36.3 Å². The molecule has 190 valence electrons. The number of ether oxygens (including phenoxy) is 2. The summed E-state index contributed by atoms with van der Waals surface area (Å²) in [5.74, 6) is 0.0605.